The molecule has 2 atom stereocenters. The van der Waals surface area contributed by atoms with Gasteiger partial charge in [0.15, 0.2) is 0 Å². The summed E-state index contributed by atoms with van der Waals surface area (Å²) in [6.45, 7) is 4.38. The maximum atomic E-state index is 14.7. The van der Waals surface area contributed by atoms with Gasteiger partial charge < -0.3 is 15.0 Å². The molecule has 0 saturated heterocycles. The number of aryl methyl sites for hydroxylation is 1. The smallest absolute Gasteiger partial charge is 0.264 e. The van der Waals surface area contributed by atoms with Crippen molar-refractivity contribution in [2.45, 2.75) is 51.6 Å². The fraction of sp³-hybridized carbons (Fsp3) is 0.419. The van der Waals surface area contributed by atoms with Crippen LogP contribution in [0.3, 0.4) is 0 Å². The van der Waals surface area contributed by atoms with Crippen molar-refractivity contribution in [3.63, 3.8) is 0 Å². The van der Waals surface area contributed by atoms with Gasteiger partial charge in [-0.1, -0.05) is 19.1 Å². The number of thiophene rings is 1. The summed E-state index contributed by atoms with van der Waals surface area (Å²) in [4.78, 5) is 21.0. The standard InChI is InChI=1S/C31H35F2N3O2S/c1-18-24(20-14-21(32)16-35-15-20)12-13-27(38-4)25(18)17-36(23-10-8-22(34-3)9-11-23)31(37)30-19(2)29-26(33)6-5-7-28(29)39-30/h5-7,12-16,18,22-23,25,34H,8-11,17H2,1-4H3. The molecule has 1 amide bonds. The molecule has 1 fully saturated rings. The van der Waals surface area contributed by atoms with Crippen LogP contribution in [-0.4, -0.2) is 48.6 Å². The molecule has 5 nitrogen and oxygen atoms in total. The zero-order valence-corrected chi connectivity index (χ0v) is 23.7. The third kappa shape index (κ3) is 5.37. The minimum absolute atomic E-state index is 0.0431. The van der Waals surface area contributed by atoms with E-state index in [9.17, 15) is 13.6 Å². The molecule has 1 saturated carbocycles. The first kappa shape index (κ1) is 27.5. The highest BCUT2D eigenvalue weighted by atomic mass is 32.1. The number of fused-ring (bicyclic) bond motifs is 1. The first-order chi connectivity index (χ1) is 18.8. The van der Waals surface area contributed by atoms with Crippen LogP contribution < -0.4 is 5.32 Å². The molecule has 206 valence electrons. The van der Waals surface area contributed by atoms with Crippen molar-refractivity contribution in [2.24, 2.45) is 11.8 Å². The molecule has 2 unspecified atom stereocenters. The summed E-state index contributed by atoms with van der Waals surface area (Å²) in [6.07, 6.45) is 10.5. The molecule has 2 heterocycles. The van der Waals surface area contributed by atoms with Crippen LogP contribution in [0, 0.1) is 30.4 Å². The number of hydrogen-bond acceptors (Lipinski definition) is 5. The summed E-state index contributed by atoms with van der Waals surface area (Å²) in [7, 11) is 3.63. The van der Waals surface area contributed by atoms with Crippen molar-refractivity contribution in [1.82, 2.24) is 15.2 Å². The average Bonchev–Trinajstić information content (AvgIpc) is 3.29. The summed E-state index contributed by atoms with van der Waals surface area (Å²) < 4.78 is 35.4. The molecule has 8 heteroatoms. The van der Waals surface area contributed by atoms with E-state index in [1.807, 2.05) is 37.1 Å². The van der Waals surface area contributed by atoms with Crippen LogP contribution >= 0.6 is 11.3 Å². The van der Waals surface area contributed by atoms with Gasteiger partial charge in [-0.05, 0) is 86.5 Å². The monoisotopic (exact) mass is 551 g/mol. The van der Waals surface area contributed by atoms with E-state index in [1.165, 1.54) is 29.7 Å². The Bertz CT molecular complexity index is 1420. The summed E-state index contributed by atoms with van der Waals surface area (Å²) in [5.41, 5.74) is 2.37. The second-order valence-corrected chi connectivity index (χ2v) is 11.7. The molecule has 1 aromatic carbocycles. The number of carbonyl (C=O) groups excluding carboxylic acids is 1. The number of amides is 1. The highest BCUT2D eigenvalue weighted by Crippen LogP contribution is 2.40. The molecule has 0 aliphatic heterocycles. The number of aromatic nitrogens is 1. The summed E-state index contributed by atoms with van der Waals surface area (Å²) in [5.74, 6) is -0.132. The van der Waals surface area contributed by atoms with Gasteiger partial charge in [-0.25, -0.2) is 8.78 Å². The molecule has 2 aliphatic carbocycles. The second-order valence-electron chi connectivity index (χ2n) is 10.6. The Morgan fingerprint density at radius 2 is 1.95 bits per heavy atom. The van der Waals surface area contributed by atoms with Crippen molar-refractivity contribution < 1.29 is 18.3 Å². The Labute approximate surface area is 232 Å². The predicted molar refractivity (Wildman–Crippen MR) is 153 cm³/mol. The van der Waals surface area contributed by atoms with E-state index >= 15 is 0 Å². The third-order valence-corrected chi connectivity index (χ3v) is 9.70. The maximum absolute atomic E-state index is 14.7. The number of rotatable bonds is 7. The zero-order chi connectivity index (χ0) is 27.7. The van der Waals surface area contributed by atoms with Gasteiger partial charge in [0, 0.05) is 40.8 Å². The molecule has 0 bridgehead atoms. The molecule has 3 aromatic rings. The number of halogens is 2. The maximum Gasteiger partial charge on any atom is 0.264 e. The van der Waals surface area contributed by atoms with Gasteiger partial charge in [-0.15, -0.1) is 11.3 Å². The van der Waals surface area contributed by atoms with E-state index in [4.69, 9.17) is 4.74 Å². The molecule has 2 aliphatic rings. The van der Waals surface area contributed by atoms with Gasteiger partial charge >= 0.3 is 0 Å². The Morgan fingerprint density at radius 1 is 1.18 bits per heavy atom. The number of nitrogens with zero attached hydrogens (tertiary/aromatic N) is 2. The van der Waals surface area contributed by atoms with Crippen LogP contribution in [0.4, 0.5) is 8.78 Å². The van der Waals surface area contributed by atoms with E-state index in [1.54, 1.807) is 19.4 Å². The van der Waals surface area contributed by atoms with Crippen molar-refractivity contribution in [3.05, 3.63) is 82.2 Å². The van der Waals surface area contributed by atoms with E-state index in [2.05, 4.69) is 17.2 Å². The Hall–Kier alpha value is -3.10. The lowest BCUT2D eigenvalue weighted by Gasteiger charge is -2.41. The lowest BCUT2D eigenvalue weighted by molar-refractivity contribution is 0.0551. The van der Waals surface area contributed by atoms with Crippen molar-refractivity contribution in [2.75, 3.05) is 20.7 Å². The topological polar surface area (TPSA) is 54.5 Å². The first-order valence-corrected chi connectivity index (χ1v) is 14.4. The quantitative estimate of drug-likeness (QED) is 0.354. The molecule has 1 N–H and O–H groups in total. The number of carbonyl (C=O) groups is 1. The first-order valence-electron chi connectivity index (χ1n) is 13.5. The highest BCUT2D eigenvalue weighted by molar-refractivity contribution is 7.21. The summed E-state index contributed by atoms with van der Waals surface area (Å²) in [5, 5.41) is 3.90. The highest BCUT2D eigenvalue weighted by Gasteiger charge is 2.37. The van der Waals surface area contributed by atoms with E-state index < -0.39 is 0 Å². The van der Waals surface area contributed by atoms with E-state index in [0.29, 0.717) is 28.4 Å². The summed E-state index contributed by atoms with van der Waals surface area (Å²) >= 11 is 1.36. The minimum Gasteiger partial charge on any atom is -0.501 e. The van der Waals surface area contributed by atoms with Crippen LogP contribution in [0.15, 0.2) is 54.6 Å². The predicted octanol–water partition coefficient (Wildman–Crippen LogP) is 6.74. The molecule has 0 radical (unpaired) electrons. The number of hydrogen-bond donors (Lipinski definition) is 1. The molecular formula is C31H35F2N3O2S. The van der Waals surface area contributed by atoms with Gasteiger partial charge in [-0.3, -0.25) is 9.78 Å². The van der Waals surface area contributed by atoms with Crippen LogP contribution in [-0.2, 0) is 4.74 Å². The van der Waals surface area contributed by atoms with Crippen LogP contribution in [0.1, 0.15) is 53.4 Å². The van der Waals surface area contributed by atoms with Gasteiger partial charge in [-0.2, -0.15) is 0 Å². The van der Waals surface area contributed by atoms with E-state index in [0.717, 1.165) is 47.3 Å². The number of allylic oxidation sites excluding steroid dienone is 3. The fourth-order valence-corrected chi connectivity index (χ4v) is 7.36. The Morgan fingerprint density at radius 3 is 2.62 bits per heavy atom. The van der Waals surface area contributed by atoms with Gasteiger partial charge in [0.25, 0.3) is 5.91 Å². The van der Waals surface area contributed by atoms with Gasteiger partial charge in [0.2, 0.25) is 0 Å². The summed E-state index contributed by atoms with van der Waals surface area (Å²) in [6, 6.07) is 7.00. The number of pyridine rings is 1. The van der Waals surface area contributed by atoms with Crippen molar-refractivity contribution in [1.29, 1.82) is 0 Å². The molecule has 5 rings (SSSR count). The normalized spacial score (nSPS) is 23.3. The average molecular weight is 552 g/mol. The number of ether oxygens (including phenoxy) is 1. The molecule has 39 heavy (non-hydrogen) atoms. The second kappa shape index (κ2) is 11.6. The van der Waals surface area contributed by atoms with Crippen molar-refractivity contribution in [3.8, 4) is 0 Å². The molecule has 0 spiro atoms. The number of methoxy groups -OCH3 is 1. The van der Waals surface area contributed by atoms with Crippen molar-refractivity contribution >= 4 is 32.9 Å². The largest absolute Gasteiger partial charge is 0.501 e. The van der Waals surface area contributed by atoms with Crippen LogP contribution in [0.5, 0.6) is 0 Å². The fourth-order valence-electron chi connectivity index (χ4n) is 6.18. The Balaban J connectivity index is 1.51. The lowest BCUT2D eigenvalue weighted by atomic mass is 9.78. The van der Waals surface area contributed by atoms with Crippen LogP contribution in [0.25, 0.3) is 15.7 Å². The number of nitrogens with one attached hydrogen (secondary N) is 1. The third-order valence-electron chi connectivity index (χ3n) is 8.46. The molecular weight excluding hydrogens is 516 g/mol. The van der Waals surface area contributed by atoms with Gasteiger partial charge in [0.05, 0.1) is 18.2 Å². The number of benzene rings is 1. The SMILES string of the molecule is CNC1CCC(N(CC2C(OC)=CC=C(c3cncc(F)c3)C2C)C(=O)c2sc3cccc(F)c3c2C)CC1. The minimum atomic E-state index is -0.385. The van der Waals surface area contributed by atoms with E-state index in [-0.39, 0.29) is 35.4 Å². The van der Waals surface area contributed by atoms with Crippen LogP contribution in [0.2, 0.25) is 0 Å². The molecule has 2 aromatic heterocycles. The Kier molecular flexibility index (Phi) is 8.14. The van der Waals surface area contributed by atoms with Gasteiger partial charge in [0.1, 0.15) is 17.4 Å². The lowest BCUT2D eigenvalue weighted by Crippen LogP contribution is -2.48. The zero-order valence-electron chi connectivity index (χ0n) is 22.8.